The number of aromatic amines is 1. The number of aliphatic hydroxyl groups excluding tert-OH is 2. The maximum Gasteiger partial charge on any atom is 0.294 e. The summed E-state index contributed by atoms with van der Waals surface area (Å²) in [5, 5.41) is 23.4. The third-order valence-electron chi connectivity index (χ3n) is 3.80. The molecule has 1 aliphatic rings. The van der Waals surface area contributed by atoms with E-state index >= 15 is 0 Å². The molecular formula is C12H13N8O4+. The van der Waals surface area contributed by atoms with E-state index in [4.69, 9.17) is 22.4 Å². The van der Waals surface area contributed by atoms with E-state index in [-0.39, 0.29) is 17.1 Å². The number of hydrogen-bond donors (Lipinski definition) is 5. The van der Waals surface area contributed by atoms with Crippen LogP contribution in [0.2, 0.25) is 0 Å². The van der Waals surface area contributed by atoms with Gasteiger partial charge in [-0.05, 0) is 0 Å². The summed E-state index contributed by atoms with van der Waals surface area (Å²) in [4.78, 5) is 24.9. The van der Waals surface area contributed by atoms with Gasteiger partial charge in [0.2, 0.25) is 10.9 Å². The molecule has 2 aromatic heterocycles. The summed E-state index contributed by atoms with van der Waals surface area (Å²) < 4.78 is 6.90. The number of rotatable bonds is 3. The lowest BCUT2D eigenvalue weighted by Gasteiger charge is -2.18. The van der Waals surface area contributed by atoms with Crippen LogP contribution < -0.4 is 16.2 Å². The predicted octanol–water partition coefficient (Wildman–Crippen LogP) is -1.92. The molecule has 0 bridgehead atoms. The molecule has 0 spiro atoms. The molecule has 3 rings (SSSR count). The number of fused-ring (bicyclic) bond motifs is 1. The first-order valence-corrected chi connectivity index (χ1v) is 6.71. The van der Waals surface area contributed by atoms with E-state index in [2.05, 4.69) is 30.9 Å². The number of nitrogens with one attached hydrogen (secondary N) is 2. The van der Waals surface area contributed by atoms with E-state index in [9.17, 15) is 15.0 Å². The van der Waals surface area contributed by atoms with Crippen molar-refractivity contribution >= 4 is 17.1 Å². The first-order valence-electron chi connectivity index (χ1n) is 6.71. The minimum absolute atomic E-state index is 0.00155. The van der Waals surface area contributed by atoms with E-state index < -0.39 is 36.1 Å². The fourth-order valence-electron chi connectivity index (χ4n) is 2.65. The molecule has 12 nitrogen and oxygen atoms in total. The second-order valence-corrected chi connectivity index (χ2v) is 5.12. The zero-order valence-electron chi connectivity index (χ0n) is 12.1. The van der Waals surface area contributed by atoms with Crippen LogP contribution in [-0.2, 0) is 4.74 Å². The SMILES string of the molecule is C#C[C@@H]1[C@H](n2cnc3c(=O)[nH]c(N)nc32)O[C@@](CO)(N=[N+]=N)[C@H]1O. The van der Waals surface area contributed by atoms with Crippen LogP contribution >= 0.6 is 0 Å². The smallest absolute Gasteiger partial charge is 0.294 e. The quantitative estimate of drug-likeness (QED) is 0.245. The van der Waals surface area contributed by atoms with Crippen molar-refractivity contribution in [1.29, 1.82) is 5.53 Å². The van der Waals surface area contributed by atoms with Crippen LogP contribution in [0.15, 0.2) is 16.2 Å². The Morgan fingerprint density at radius 2 is 2.46 bits per heavy atom. The van der Waals surface area contributed by atoms with Gasteiger partial charge in [0.1, 0.15) is 18.2 Å². The van der Waals surface area contributed by atoms with Crippen molar-refractivity contribution in [3.05, 3.63) is 16.7 Å². The Labute approximate surface area is 133 Å². The van der Waals surface area contributed by atoms with Crippen LogP contribution in [0.25, 0.3) is 11.2 Å². The van der Waals surface area contributed by atoms with Gasteiger partial charge in [0.15, 0.2) is 22.5 Å². The molecule has 12 heteroatoms. The van der Waals surface area contributed by atoms with Crippen molar-refractivity contribution in [3.63, 3.8) is 0 Å². The summed E-state index contributed by atoms with van der Waals surface area (Å²) in [5.41, 5.74) is 10.0. The Morgan fingerprint density at radius 1 is 1.71 bits per heavy atom. The highest BCUT2D eigenvalue weighted by molar-refractivity contribution is 5.70. The summed E-state index contributed by atoms with van der Waals surface area (Å²) in [6.45, 7) is -0.756. The van der Waals surface area contributed by atoms with Crippen molar-refractivity contribution in [2.24, 2.45) is 11.0 Å². The highest BCUT2D eigenvalue weighted by atomic mass is 16.6. The van der Waals surface area contributed by atoms with Crippen LogP contribution in [0.3, 0.4) is 0 Å². The molecular weight excluding hydrogens is 320 g/mol. The van der Waals surface area contributed by atoms with E-state index in [1.54, 1.807) is 0 Å². The van der Waals surface area contributed by atoms with Gasteiger partial charge >= 0.3 is 0 Å². The number of terminal acetylenes is 1. The molecule has 4 atom stereocenters. The number of nitrogen functional groups attached to an aromatic ring is 1. The van der Waals surface area contributed by atoms with Crippen molar-refractivity contribution in [2.75, 3.05) is 12.3 Å². The van der Waals surface area contributed by atoms with Crippen LogP contribution in [0.4, 0.5) is 5.95 Å². The van der Waals surface area contributed by atoms with Gasteiger partial charge in [0.05, 0.1) is 12.2 Å². The second-order valence-electron chi connectivity index (χ2n) is 5.12. The zero-order valence-corrected chi connectivity index (χ0v) is 12.1. The normalized spacial score (nSPS) is 29.3. The largest absolute Gasteiger partial charge is 0.391 e. The van der Waals surface area contributed by atoms with Crippen molar-refractivity contribution in [1.82, 2.24) is 24.4 Å². The third-order valence-corrected chi connectivity index (χ3v) is 3.80. The molecule has 0 unspecified atom stereocenters. The summed E-state index contributed by atoms with van der Waals surface area (Å²) in [6, 6.07) is 0. The standard InChI is InChI=1S/C12H12N8O4/c1-2-5-7(22)12(3-21,18-19-14)24-10(5)20-4-15-6-8(20)16-11(13)17-9(6)23/h1,4-5,7,10,14,21-22H,3H2,(H2-,13,16,17,23)/p+1/t5-,7-,10+,12+/m0/s1. The third kappa shape index (κ3) is 2.08. The lowest BCUT2D eigenvalue weighted by atomic mass is 9.97. The summed E-state index contributed by atoms with van der Waals surface area (Å²) >= 11 is 0. The minimum atomic E-state index is -1.90. The van der Waals surface area contributed by atoms with Crippen LogP contribution in [0, 0.1) is 23.8 Å². The number of hydrogen-bond acceptors (Lipinski definition) is 9. The lowest BCUT2D eigenvalue weighted by molar-refractivity contribution is -0.126. The predicted molar refractivity (Wildman–Crippen MR) is 78.1 cm³/mol. The molecule has 124 valence electrons. The first kappa shape index (κ1) is 15.8. The first-order chi connectivity index (χ1) is 11.5. The molecule has 3 heterocycles. The Morgan fingerprint density at radius 3 is 3.08 bits per heavy atom. The minimum Gasteiger partial charge on any atom is -0.391 e. The average Bonchev–Trinajstić information content (AvgIpc) is 3.08. The Bertz CT molecular complexity index is 939. The molecule has 2 aromatic rings. The summed E-state index contributed by atoms with van der Waals surface area (Å²) in [5.74, 6) is 1.25. The maximum atomic E-state index is 11.8. The summed E-state index contributed by atoms with van der Waals surface area (Å²) in [7, 11) is 0. The highest BCUT2D eigenvalue weighted by Crippen LogP contribution is 2.42. The van der Waals surface area contributed by atoms with Gasteiger partial charge in [-0.1, -0.05) is 5.92 Å². The Kier molecular flexibility index (Phi) is 3.63. The average molecular weight is 333 g/mol. The van der Waals surface area contributed by atoms with Gasteiger partial charge in [0, 0.05) is 0 Å². The van der Waals surface area contributed by atoms with Gasteiger partial charge in [-0.2, -0.15) is 4.98 Å². The molecule has 0 aromatic carbocycles. The van der Waals surface area contributed by atoms with Crippen molar-refractivity contribution in [3.8, 4) is 12.3 Å². The molecule has 0 saturated carbocycles. The molecule has 0 radical (unpaired) electrons. The number of aliphatic hydroxyl groups is 2. The number of anilines is 1. The van der Waals surface area contributed by atoms with E-state index in [0.717, 1.165) is 0 Å². The van der Waals surface area contributed by atoms with E-state index in [1.165, 1.54) is 10.9 Å². The molecule has 24 heavy (non-hydrogen) atoms. The topological polar surface area (TPSA) is 190 Å². The molecule has 0 amide bonds. The van der Waals surface area contributed by atoms with Gasteiger partial charge in [-0.3, -0.25) is 14.3 Å². The zero-order chi connectivity index (χ0) is 17.5. The number of aromatic nitrogens is 4. The Balaban J connectivity index is 2.18. The van der Waals surface area contributed by atoms with E-state index in [1.807, 2.05) is 0 Å². The van der Waals surface area contributed by atoms with Crippen LogP contribution in [-0.4, -0.2) is 48.2 Å². The number of nitrogens with zero attached hydrogens (tertiary/aromatic N) is 5. The number of imidazole rings is 1. The Hall–Kier alpha value is -3.10. The second kappa shape index (κ2) is 5.52. The van der Waals surface area contributed by atoms with Crippen molar-refractivity contribution in [2.45, 2.75) is 18.1 Å². The molecule has 1 aliphatic heterocycles. The molecule has 6 N–H and O–H groups in total. The van der Waals surface area contributed by atoms with Gasteiger partial charge < -0.3 is 20.7 Å². The highest BCUT2D eigenvalue weighted by Gasteiger charge is 2.59. The number of H-pyrrole nitrogens is 1. The van der Waals surface area contributed by atoms with Gasteiger partial charge in [-0.15, -0.1) is 6.42 Å². The summed E-state index contributed by atoms with van der Waals surface area (Å²) in [6.07, 6.45) is 4.21. The number of ether oxygens (including phenoxy) is 1. The fraction of sp³-hybridized carbons (Fsp3) is 0.417. The van der Waals surface area contributed by atoms with Gasteiger partial charge in [0.25, 0.3) is 11.3 Å². The van der Waals surface area contributed by atoms with Crippen LogP contribution in [0.1, 0.15) is 6.23 Å². The fourth-order valence-corrected chi connectivity index (χ4v) is 2.65. The monoisotopic (exact) mass is 333 g/mol. The molecule has 1 saturated heterocycles. The molecule has 0 aliphatic carbocycles. The van der Waals surface area contributed by atoms with Crippen molar-refractivity contribution < 1.29 is 14.9 Å². The number of nitrogens with two attached hydrogens (primary N) is 1. The van der Waals surface area contributed by atoms with E-state index in [0.29, 0.717) is 0 Å². The van der Waals surface area contributed by atoms with Crippen LogP contribution in [0.5, 0.6) is 0 Å². The maximum absolute atomic E-state index is 11.8. The van der Waals surface area contributed by atoms with Gasteiger partial charge in [-0.25, -0.2) is 4.98 Å². The lowest BCUT2D eigenvalue weighted by Crippen LogP contribution is -2.43. The molecule has 1 fully saturated rings.